The number of unbranched alkanes of at least 4 members (excludes halogenated alkanes) is 9. The monoisotopic (exact) mass is 331 g/mol. The van der Waals surface area contributed by atoms with Gasteiger partial charge in [-0.2, -0.15) is 0 Å². The zero-order valence-electron chi connectivity index (χ0n) is 16.1. The number of carboxylic acid groups (broad SMARTS) is 1. The molecule has 1 amide bonds. The van der Waals surface area contributed by atoms with E-state index < -0.39 is 6.09 Å². The van der Waals surface area contributed by atoms with Gasteiger partial charge in [0.25, 0.3) is 0 Å². The predicted molar refractivity (Wildman–Crippen MR) is 97.8 cm³/mol. The number of hydrogen-bond donors (Lipinski definition) is 1. The fraction of sp³-hybridized carbons (Fsp3) is 0.941. The molecule has 122 valence electrons. The molecule has 0 fully saturated rings. The number of amides is 1. The second kappa shape index (κ2) is 17.1. The molecule has 0 aromatic carbocycles. The van der Waals surface area contributed by atoms with Crippen molar-refractivity contribution in [3.05, 3.63) is 0 Å². The van der Waals surface area contributed by atoms with Gasteiger partial charge in [0.2, 0.25) is 0 Å². The van der Waals surface area contributed by atoms with Crippen molar-refractivity contribution in [3.63, 3.8) is 0 Å². The zero-order chi connectivity index (χ0) is 15.4. The van der Waals surface area contributed by atoms with Crippen LogP contribution in [0, 0.1) is 0 Å². The van der Waals surface area contributed by atoms with Crippen LogP contribution in [-0.2, 0) is 0 Å². The Labute approximate surface area is 182 Å². The summed E-state index contributed by atoms with van der Waals surface area (Å²) in [6, 6.07) is 0. The fourth-order valence-corrected chi connectivity index (χ4v) is 2.47. The van der Waals surface area contributed by atoms with E-state index >= 15 is 0 Å². The van der Waals surface area contributed by atoms with Crippen LogP contribution in [0.25, 0.3) is 0 Å². The average Bonchev–Trinajstić information content (AvgIpc) is 2.39. The molecule has 0 bridgehead atoms. The van der Waals surface area contributed by atoms with Gasteiger partial charge in [0, 0.05) is 71.7 Å². The summed E-state index contributed by atoms with van der Waals surface area (Å²) in [6.07, 6.45) is 13.3. The van der Waals surface area contributed by atoms with Crippen molar-refractivity contribution in [2.24, 2.45) is 0 Å². The molecule has 0 heterocycles. The van der Waals surface area contributed by atoms with Crippen molar-refractivity contribution in [1.29, 1.82) is 0 Å². The molecule has 1 N–H and O–H groups in total. The first-order chi connectivity index (χ1) is 9.41. The Balaban J connectivity index is -0.00000180. The minimum absolute atomic E-state index is 0. The summed E-state index contributed by atoms with van der Waals surface area (Å²) in [6.45, 7) is 6.27. The summed E-state index contributed by atoms with van der Waals surface area (Å²) in [5, 5.41) is 9.00. The first kappa shape index (κ1) is 28.1. The third-order valence-electron chi connectivity index (χ3n) is 4.34. The van der Waals surface area contributed by atoms with E-state index in [0.29, 0.717) is 0 Å². The standard InChI is InChI=1S/C17H35NO2.2Na/c1-5-6-7-8-9-10-11-12-13-14-15-17(2,3)18(4)16(19)20;;/h5-15H2,1-4H3,(H,19,20);;. The Morgan fingerprint density at radius 1 is 0.864 bits per heavy atom. The zero-order valence-corrected chi connectivity index (χ0v) is 20.1. The van der Waals surface area contributed by atoms with Crippen molar-refractivity contribution in [2.75, 3.05) is 7.05 Å². The fourth-order valence-electron chi connectivity index (χ4n) is 2.47. The molecule has 0 aromatic rings. The third kappa shape index (κ3) is 14.8. The van der Waals surface area contributed by atoms with Gasteiger partial charge < -0.3 is 10.0 Å². The van der Waals surface area contributed by atoms with Crippen molar-refractivity contribution in [3.8, 4) is 0 Å². The third-order valence-corrected chi connectivity index (χ3v) is 4.34. The van der Waals surface area contributed by atoms with E-state index in [1.54, 1.807) is 7.05 Å². The molecule has 0 unspecified atom stereocenters. The Kier molecular flexibility index (Phi) is 21.8. The van der Waals surface area contributed by atoms with E-state index in [4.69, 9.17) is 5.11 Å². The van der Waals surface area contributed by atoms with Crippen LogP contribution < -0.4 is 0 Å². The van der Waals surface area contributed by atoms with Gasteiger partial charge in [-0.05, 0) is 20.3 Å². The Morgan fingerprint density at radius 2 is 1.23 bits per heavy atom. The van der Waals surface area contributed by atoms with Gasteiger partial charge in [0.05, 0.1) is 0 Å². The maximum absolute atomic E-state index is 11.0. The summed E-state index contributed by atoms with van der Waals surface area (Å²) in [5.74, 6) is 0. The Bertz CT molecular complexity index is 261. The molecule has 2 radical (unpaired) electrons. The predicted octanol–water partition coefficient (Wildman–Crippen LogP) is 4.92. The van der Waals surface area contributed by atoms with Gasteiger partial charge in [-0.15, -0.1) is 0 Å². The van der Waals surface area contributed by atoms with Crippen molar-refractivity contribution >= 4 is 65.2 Å². The van der Waals surface area contributed by atoms with Crippen molar-refractivity contribution in [1.82, 2.24) is 4.90 Å². The minimum atomic E-state index is -0.831. The molecule has 5 heteroatoms. The van der Waals surface area contributed by atoms with E-state index in [1.165, 1.54) is 62.7 Å². The van der Waals surface area contributed by atoms with Crippen LogP contribution in [0.1, 0.15) is 91.4 Å². The molecule has 0 atom stereocenters. The van der Waals surface area contributed by atoms with E-state index in [1.807, 2.05) is 13.8 Å². The van der Waals surface area contributed by atoms with Crippen LogP contribution >= 0.6 is 0 Å². The number of hydrogen-bond acceptors (Lipinski definition) is 1. The number of rotatable bonds is 12. The SMILES string of the molecule is CCCCCCCCCCCCC(C)(C)N(C)C(=O)O.[Na].[Na]. The maximum atomic E-state index is 11.0. The van der Waals surface area contributed by atoms with Gasteiger partial charge in [0.1, 0.15) is 0 Å². The molecular formula is C17H35NNa2O2. The molecule has 0 aliphatic carbocycles. The summed E-state index contributed by atoms with van der Waals surface area (Å²) >= 11 is 0. The maximum Gasteiger partial charge on any atom is 0.407 e. The van der Waals surface area contributed by atoms with Crippen LogP contribution in [0.5, 0.6) is 0 Å². The van der Waals surface area contributed by atoms with Crippen LogP contribution in [-0.4, -0.2) is 87.8 Å². The van der Waals surface area contributed by atoms with E-state index in [-0.39, 0.29) is 64.7 Å². The van der Waals surface area contributed by atoms with Crippen LogP contribution in [0.4, 0.5) is 4.79 Å². The molecule has 0 aliphatic rings. The molecule has 0 saturated carbocycles. The summed E-state index contributed by atoms with van der Waals surface area (Å²) < 4.78 is 0. The van der Waals surface area contributed by atoms with Crippen LogP contribution in [0.2, 0.25) is 0 Å². The second-order valence-corrected chi connectivity index (χ2v) is 6.59. The molecule has 0 rings (SSSR count). The normalized spacial score (nSPS) is 10.5. The largest absolute Gasteiger partial charge is 0.465 e. The molecular weight excluding hydrogens is 296 g/mol. The average molecular weight is 331 g/mol. The van der Waals surface area contributed by atoms with Crippen LogP contribution in [0.15, 0.2) is 0 Å². The van der Waals surface area contributed by atoms with Gasteiger partial charge in [-0.3, -0.25) is 0 Å². The van der Waals surface area contributed by atoms with Crippen molar-refractivity contribution < 1.29 is 9.90 Å². The van der Waals surface area contributed by atoms with E-state index in [2.05, 4.69) is 6.92 Å². The Morgan fingerprint density at radius 3 is 1.59 bits per heavy atom. The molecule has 0 aliphatic heterocycles. The first-order valence-corrected chi connectivity index (χ1v) is 8.38. The molecule has 0 saturated heterocycles. The van der Waals surface area contributed by atoms with Crippen LogP contribution in [0.3, 0.4) is 0 Å². The molecule has 22 heavy (non-hydrogen) atoms. The van der Waals surface area contributed by atoms with Gasteiger partial charge in [-0.1, -0.05) is 71.1 Å². The molecule has 0 aromatic heterocycles. The van der Waals surface area contributed by atoms with E-state index in [9.17, 15) is 4.79 Å². The van der Waals surface area contributed by atoms with Crippen molar-refractivity contribution in [2.45, 2.75) is 96.9 Å². The minimum Gasteiger partial charge on any atom is -0.465 e. The quantitative estimate of drug-likeness (QED) is 0.407. The summed E-state index contributed by atoms with van der Waals surface area (Å²) in [4.78, 5) is 12.4. The number of carbonyl (C=O) groups is 1. The topological polar surface area (TPSA) is 40.5 Å². The van der Waals surface area contributed by atoms with Gasteiger partial charge in [-0.25, -0.2) is 4.79 Å². The first-order valence-electron chi connectivity index (χ1n) is 8.38. The van der Waals surface area contributed by atoms with Gasteiger partial charge >= 0.3 is 6.09 Å². The Hall–Kier alpha value is 1.27. The second-order valence-electron chi connectivity index (χ2n) is 6.59. The van der Waals surface area contributed by atoms with Gasteiger partial charge in [0.15, 0.2) is 0 Å². The van der Waals surface area contributed by atoms with E-state index in [0.717, 1.165) is 12.8 Å². The number of nitrogens with zero attached hydrogens (tertiary/aromatic N) is 1. The smallest absolute Gasteiger partial charge is 0.407 e. The molecule has 0 spiro atoms. The summed E-state index contributed by atoms with van der Waals surface area (Å²) in [5.41, 5.74) is -0.244. The summed E-state index contributed by atoms with van der Waals surface area (Å²) in [7, 11) is 1.67. The molecule has 3 nitrogen and oxygen atoms in total.